The van der Waals surface area contributed by atoms with Crippen LogP contribution >= 0.6 is 23.4 Å². The zero-order valence-electron chi connectivity index (χ0n) is 18.7. The topological polar surface area (TPSA) is 81.8 Å². The largest absolute Gasteiger partial charge is 0.324 e. The van der Waals surface area contributed by atoms with E-state index < -0.39 is 5.25 Å². The average molecular weight is 494 g/mol. The van der Waals surface area contributed by atoms with Crippen molar-refractivity contribution in [2.75, 3.05) is 5.32 Å². The van der Waals surface area contributed by atoms with Crippen LogP contribution in [0.25, 0.3) is 17.1 Å². The maximum Gasteiger partial charge on any atom is 0.284 e. The van der Waals surface area contributed by atoms with E-state index in [9.17, 15) is 9.59 Å². The molecular weight excluding hydrogens is 470 g/mol. The monoisotopic (exact) mass is 493 g/mol. The van der Waals surface area contributed by atoms with Crippen LogP contribution in [0.5, 0.6) is 0 Å². The molecule has 0 bridgehead atoms. The summed E-state index contributed by atoms with van der Waals surface area (Å²) in [6, 6.07) is 16.5. The normalized spacial score (nSPS) is 14.4. The highest BCUT2D eigenvalue weighted by atomic mass is 35.5. The molecule has 1 amide bonds. The molecule has 174 valence electrons. The molecule has 0 saturated heterocycles. The molecule has 0 radical (unpaired) electrons. The van der Waals surface area contributed by atoms with Crippen molar-refractivity contribution in [2.45, 2.75) is 49.6 Å². The highest BCUT2D eigenvalue weighted by molar-refractivity contribution is 8.00. The second-order valence-electron chi connectivity index (χ2n) is 8.28. The van der Waals surface area contributed by atoms with Gasteiger partial charge < -0.3 is 9.88 Å². The van der Waals surface area contributed by atoms with Crippen LogP contribution in [0.3, 0.4) is 0 Å². The van der Waals surface area contributed by atoms with Crippen molar-refractivity contribution in [1.29, 1.82) is 0 Å². The molecule has 1 N–H and O–H groups in total. The highest BCUT2D eigenvalue weighted by Crippen LogP contribution is 2.32. The smallest absolute Gasteiger partial charge is 0.284 e. The Bertz CT molecular complexity index is 1370. The van der Waals surface area contributed by atoms with Crippen molar-refractivity contribution in [3.8, 4) is 17.1 Å². The van der Waals surface area contributed by atoms with Gasteiger partial charge in [-0.15, -0.1) is 5.10 Å². The molecule has 0 aromatic heterocycles. The van der Waals surface area contributed by atoms with Gasteiger partial charge in [0.2, 0.25) is 5.91 Å². The Labute approximate surface area is 206 Å². The van der Waals surface area contributed by atoms with Crippen LogP contribution in [-0.2, 0) is 17.8 Å². The fourth-order valence-electron chi connectivity index (χ4n) is 4.20. The number of aromatic nitrogens is 4. The van der Waals surface area contributed by atoms with E-state index in [2.05, 4.69) is 15.0 Å². The van der Waals surface area contributed by atoms with Crippen LogP contribution in [0.15, 0.2) is 64.5 Å². The van der Waals surface area contributed by atoms with Gasteiger partial charge in [-0.05, 0) is 50.5 Å². The molecule has 0 saturated carbocycles. The summed E-state index contributed by atoms with van der Waals surface area (Å²) < 4.78 is 3.53. The van der Waals surface area contributed by atoms with Crippen molar-refractivity contribution in [3.05, 3.63) is 75.7 Å². The highest BCUT2D eigenvalue weighted by Gasteiger charge is 2.28. The van der Waals surface area contributed by atoms with E-state index in [-0.39, 0.29) is 11.5 Å². The predicted octanol–water partition coefficient (Wildman–Crippen LogP) is 5.03. The standard InChI is InChI=1S/C25H24ClN5O2S/c1-16(23(32)27-19-13-8-7-12-18(19)26)34-25-28-22-21(20-14-6-3-9-15-30(20)25)24(33)31(29-22)17-10-4-2-5-11-17/h2,4-5,7-8,10-13,16H,3,6,9,14-15H2,1H3,(H,27,32). The maximum atomic E-state index is 13.4. The Balaban J connectivity index is 1.53. The number of anilines is 1. The van der Waals surface area contributed by atoms with Crippen molar-refractivity contribution < 1.29 is 4.79 Å². The van der Waals surface area contributed by atoms with Gasteiger partial charge in [-0.1, -0.05) is 60.1 Å². The van der Waals surface area contributed by atoms with Gasteiger partial charge in [-0.2, -0.15) is 4.68 Å². The van der Waals surface area contributed by atoms with Gasteiger partial charge in [-0.3, -0.25) is 9.59 Å². The number of halogens is 1. The minimum absolute atomic E-state index is 0.152. The summed E-state index contributed by atoms with van der Waals surface area (Å²) in [7, 11) is 0. The van der Waals surface area contributed by atoms with E-state index in [1.54, 1.807) is 12.1 Å². The molecular formula is C25H24ClN5O2S. The van der Waals surface area contributed by atoms with Crippen LogP contribution in [0.2, 0.25) is 5.02 Å². The molecule has 3 aliphatic heterocycles. The lowest BCUT2D eigenvalue weighted by atomic mass is 10.1. The molecule has 9 heteroatoms. The molecule has 3 aliphatic rings. The van der Waals surface area contributed by atoms with Gasteiger partial charge in [0.1, 0.15) is 5.56 Å². The molecule has 0 aliphatic carbocycles. The number of fused-ring (bicyclic) bond motifs is 3. The van der Waals surface area contributed by atoms with Crippen molar-refractivity contribution in [3.63, 3.8) is 0 Å². The minimum Gasteiger partial charge on any atom is -0.324 e. The maximum absolute atomic E-state index is 13.4. The fourth-order valence-corrected chi connectivity index (χ4v) is 5.33. The molecule has 1 atom stereocenters. The molecule has 34 heavy (non-hydrogen) atoms. The van der Waals surface area contributed by atoms with Crippen molar-refractivity contribution in [1.82, 2.24) is 19.3 Å². The van der Waals surface area contributed by atoms with Crippen LogP contribution in [0.4, 0.5) is 5.69 Å². The Kier molecular flexibility index (Phi) is 6.43. The number of carbonyl (C=O) groups is 1. The van der Waals surface area contributed by atoms with E-state index in [1.165, 1.54) is 16.4 Å². The number of nitrogens with zero attached hydrogens (tertiary/aromatic N) is 4. The Morgan fingerprint density at radius 1 is 1.09 bits per heavy atom. The zero-order chi connectivity index (χ0) is 23.7. The first-order valence-corrected chi connectivity index (χ1v) is 12.6. The molecule has 2 aromatic rings. The van der Waals surface area contributed by atoms with Crippen LogP contribution in [-0.4, -0.2) is 30.5 Å². The Hall–Kier alpha value is -3.10. The van der Waals surface area contributed by atoms with E-state index in [0.29, 0.717) is 32.9 Å². The second-order valence-corrected chi connectivity index (χ2v) is 10.00. The summed E-state index contributed by atoms with van der Waals surface area (Å²) in [6.07, 6.45) is 3.86. The van der Waals surface area contributed by atoms with E-state index in [4.69, 9.17) is 16.6 Å². The van der Waals surface area contributed by atoms with E-state index in [0.717, 1.165) is 37.9 Å². The zero-order valence-corrected chi connectivity index (χ0v) is 20.3. The summed E-state index contributed by atoms with van der Waals surface area (Å²) in [5.74, 6) is 0.255. The van der Waals surface area contributed by atoms with E-state index >= 15 is 0 Å². The second kappa shape index (κ2) is 9.64. The number of amides is 1. The van der Waals surface area contributed by atoms with Crippen LogP contribution in [0, 0.1) is 0 Å². The van der Waals surface area contributed by atoms with E-state index in [1.807, 2.05) is 49.4 Å². The lowest BCUT2D eigenvalue weighted by Gasteiger charge is -2.20. The number of nitrogens with one attached hydrogen (secondary N) is 1. The summed E-state index contributed by atoms with van der Waals surface area (Å²) in [4.78, 5) is 31.0. The quantitative estimate of drug-likeness (QED) is 0.311. The third kappa shape index (κ3) is 4.35. The third-order valence-corrected chi connectivity index (χ3v) is 7.37. The lowest BCUT2D eigenvalue weighted by molar-refractivity contribution is -0.115. The first-order chi connectivity index (χ1) is 16.5. The molecule has 7 nitrogen and oxygen atoms in total. The van der Waals surface area contributed by atoms with Gasteiger partial charge in [0, 0.05) is 12.2 Å². The predicted molar refractivity (Wildman–Crippen MR) is 135 cm³/mol. The molecule has 0 fully saturated rings. The van der Waals surface area contributed by atoms with Crippen molar-refractivity contribution >= 4 is 35.0 Å². The number of hydrogen-bond acceptors (Lipinski definition) is 5. The fraction of sp³-hybridized carbons (Fsp3) is 0.280. The Morgan fingerprint density at radius 3 is 2.65 bits per heavy atom. The first kappa shape index (κ1) is 22.7. The average Bonchev–Trinajstić information content (AvgIpc) is 3.01. The molecule has 5 rings (SSSR count). The SMILES string of the molecule is CC(Sc1nc2nn(-c3ccccc3)c(=O)c-2c2n1CCCCC2)C(=O)Nc1ccccc1Cl. The van der Waals surface area contributed by atoms with Gasteiger partial charge in [-0.25, -0.2) is 4.98 Å². The van der Waals surface area contributed by atoms with Gasteiger partial charge >= 0.3 is 0 Å². The van der Waals surface area contributed by atoms with Gasteiger partial charge in [0.05, 0.1) is 21.6 Å². The molecule has 3 heterocycles. The number of carbonyl (C=O) groups excluding carboxylic acids is 1. The van der Waals surface area contributed by atoms with Crippen LogP contribution < -0.4 is 10.9 Å². The first-order valence-electron chi connectivity index (χ1n) is 11.3. The summed E-state index contributed by atoms with van der Waals surface area (Å²) in [6.45, 7) is 2.60. The molecule has 1 unspecified atom stereocenters. The van der Waals surface area contributed by atoms with Gasteiger partial charge in [0.15, 0.2) is 11.0 Å². The van der Waals surface area contributed by atoms with Crippen LogP contribution in [0.1, 0.15) is 31.9 Å². The Morgan fingerprint density at radius 2 is 1.85 bits per heavy atom. The number of rotatable bonds is 5. The van der Waals surface area contributed by atoms with Crippen molar-refractivity contribution in [2.24, 2.45) is 0 Å². The van der Waals surface area contributed by atoms with Gasteiger partial charge in [0.25, 0.3) is 5.56 Å². The molecule has 0 spiro atoms. The number of thioether (sulfide) groups is 1. The number of benzene rings is 2. The summed E-state index contributed by atoms with van der Waals surface area (Å²) in [5, 5.41) is 8.22. The number of para-hydroxylation sites is 2. The lowest BCUT2D eigenvalue weighted by Crippen LogP contribution is -2.24. The summed E-state index contributed by atoms with van der Waals surface area (Å²) in [5.41, 5.74) is 2.66. The minimum atomic E-state index is -0.427. The third-order valence-electron chi connectivity index (χ3n) is 5.95. The molecule has 2 aromatic carbocycles. The number of hydrogen-bond donors (Lipinski definition) is 1. The summed E-state index contributed by atoms with van der Waals surface area (Å²) >= 11 is 7.57.